The minimum Gasteiger partial charge on any atom is -0.495 e. The van der Waals surface area contributed by atoms with Crippen LogP contribution in [0.5, 0.6) is 5.75 Å². The average Bonchev–Trinajstić information content (AvgIpc) is 3.01. The Kier molecular flexibility index (Phi) is 3.48. The summed E-state index contributed by atoms with van der Waals surface area (Å²) in [4.78, 5) is 3.26. The van der Waals surface area contributed by atoms with E-state index in [2.05, 4.69) is 34.6 Å². The summed E-state index contributed by atoms with van der Waals surface area (Å²) in [7, 11) is 1.60. The first-order valence-corrected chi connectivity index (χ1v) is 6.69. The lowest BCUT2D eigenvalue weighted by Crippen LogP contribution is -2.02. The minimum absolute atomic E-state index is 0.587. The van der Waals surface area contributed by atoms with E-state index in [1.165, 1.54) is 10.9 Å². The van der Waals surface area contributed by atoms with Gasteiger partial charge in [-0.2, -0.15) is 5.26 Å². The molecule has 2 aromatic carbocycles. The monoisotopic (exact) mass is 277 g/mol. The van der Waals surface area contributed by atoms with Crippen LogP contribution >= 0.6 is 0 Å². The van der Waals surface area contributed by atoms with Crippen molar-refractivity contribution in [1.82, 2.24) is 4.98 Å². The van der Waals surface area contributed by atoms with Gasteiger partial charge in [0.15, 0.2) is 0 Å². The second-order valence-corrected chi connectivity index (χ2v) is 4.74. The van der Waals surface area contributed by atoms with Crippen molar-refractivity contribution in [3.05, 3.63) is 59.8 Å². The van der Waals surface area contributed by atoms with E-state index in [0.29, 0.717) is 17.9 Å². The summed E-state index contributed by atoms with van der Waals surface area (Å²) in [5.74, 6) is 0.674. The number of nitrogens with one attached hydrogen (secondary N) is 2. The van der Waals surface area contributed by atoms with Gasteiger partial charge >= 0.3 is 0 Å². The van der Waals surface area contributed by atoms with Crippen molar-refractivity contribution in [2.45, 2.75) is 6.54 Å². The molecule has 104 valence electrons. The van der Waals surface area contributed by atoms with E-state index in [0.717, 1.165) is 11.2 Å². The molecule has 2 N–H and O–H groups in total. The molecule has 0 atom stereocenters. The second kappa shape index (κ2) is 5.59. The van der Waals surface area contributed by atoms with Gasteiger partial charge < -0.3 is 15.0 Å². The summed E-state index contributed by atoms with van der Waals surface area (Å²) in [6.07, 6.45) is 1.94. The van der Waals surface area contributed by atoms with Crippen LogP contribution in [-0.2, 0) is 6.54 Å². The Hall–Kier alpha value is -2.93. The molecule has 0 unspecified atom stereocenters. The van der Waals surface area contributed by atoms with E-state index in [9.17, 15) is 0 Å². The fraction of sp³-hybridized carbons (Fsp3) is 0.118. The van der Waals surface area contributed by atoms with Gasteiger partial charge in [0.2, 0.25) is 0 Å². The highest BCUT2D eigenvalue weighted by atomic mass is 16.5. The van der Waals surface area contributed by atoms with Crippen LogP contribution in [0.15, 0.2) is 48.7 Å². The third kappa shape index (κ3) is 2.54. The number of fused-ring (bicyclic) bond motifs is 1. The zero-order valence-electron chi connectivity index (χ0n) is 11.7. The van der Waals surface area contributed by atoms with Gasteiger partial charge in [-0.1, -0.05) is 18.2 Å². The Morgan fingerprint density at radius 2 is 2.14 bits per heavy atom. The number of anilines is 1. The summed E-state index contributed by atoms with van der Waals surface area (Å²) < 4.78 is 5.33. The van der Waals surface area contributed by atoms with Crippen molar-refractivity contribution in [3.8, 4) is 11.8 Å². The minimum atomic E-state index is 0.587. The highest BCUT2D eigenvalue weighted by molar-refractivity contribution is 5.82. The highest BCUT2D eigenvalue weighted by Crippen LogP contribution is 2.26. The van der Waals surface area contributed by atoms with E-state index >= 15 is 0 Å². The maximum absolute atomic E-state index is 8.92. The summed E-state index contributed by atoms with van der Waals surface area (Å²) in [6.45, 7) is 0.681. The zero-order chi connectivity index (χ0) is 14.7. The maximum Gasteiger partial charge on any atom is 0.143 e. The van der Waals surface area contributed by atoms with Gasteiger partial charge in [0, 0.05) is 18.8 Å². The Balaban J connectivity index is 1.85. The van der Waals surface area contributed by atoms with Crippen LogP contribution in [-0.4, -0.2) is 12.1 Å². The normalized spacial score (nSPS) is 10.3. The fourth-order valence-electron chi connectivity index (χ4n) is 2.39. The van der Waals surface area contributed by atoms with Crippen molar-refractivity contribution >= 4 is 16.6 Å². The Bertz CT molecular complexity index is 814. The quantitative estimate of drug-likeness (QED) is 0.765. The summed E-state index contributed by atoms with van der Waals surface area (Å²) in [5, 5.41) is 13.5. The molecule has 4 nitrogen and oxygen atoms in total. The van der Waals surface area contributed by atoms with Crippen molar-refractivity contribution < 1.29 is 4.74 Å². The van der Waals surface area contributed by atoms with Crippen LogP contribution in [0, 0.1) is 11.3 Å². The standard InChI is InChI=1S/C17H15N3O/c1-21-16-9-12(10-18)5-6-15(16)20-11-14-4-2-3-13-7-8-19-17(13)14/h2-9,19-20H,11H2,1H3. The molecule has 0 radical (unpaired) electrons. The molecule has 0 bridgehead atoms. The number of nitriles is 1. The van der Waals surface area contributed by atoms with Crippen LogP contribution in [0.4, 0.5) is 5.69 Å². The smallest absolute Gasteiger partial charge is 0.143 e. The molecule has 0 amide bonds. The topological polar surface area (TPSA) is 60.8 Å². The maximum atomic E-state index is 8.92. The number of H-pyrrole nitrogens is 1. The summed E-state index contributed by atoms with van der Waals surface area (Å²) in [5.41, 5.74) is 3.78. The van der Waals surface area contributed by atoms with Crippen LogP contribution < -0.4 is 10.1 Å². The lowest BCUT2D eigenvalue weighted by Gasteiger charge is -2.12. The molecule has 3 aromatic rings. The Labute approximate surface area is 123 Å². The number of ether oxygens (including phenoxy) is 1. The first kappa shape index (κ1) is 13.1. The molecule has 4 heteroatoms. The predicted octanol–water partition coefficient (Wildman–Crippen LogP) is 3.66. The van der Waals surface area contributed by atoms with Crippen molar-refractivity contribution in [2.75, 3.05) is 12.4 Å². The SMILES string of the molecule is COc1cc(C#N)ccc1NCc1cccc2cc[nH]c12. The molecule has 0 fully saturated rings. The van der Waals surface area contributed by atoms with Crippen LogP contribution in [0.3, 0.4) is 0 Å². The van der Waals surface area contributed by atoms with Crippen LogP contribution in [0.25, 0.3) is 10.9 Å². The van der Waals surface area contributed by atoms with Crippen molar-refractivity contribution in [3.63, 3.8) is 0 Å². The van der Waals surface area contributed by atoms with E-state index in [-0.39, 0.29) is 0 Å². The highest BCUT2D eigenvalue weighted by Gasteiger charge is 2.06. The van der Waals surface area contributed by atoms with E-state index < -0.39 is 0 Å². The average molecular weight is 277 g/mol. The number of methoxy groups -OCH3 is 1. The van der Waals surface area contributed by atoms with Crippen LogP contribution in [0.2, 0.25) is 0 Å². The number of rotatable bonds is 4. The Morgan fingerprint density at radius 1 is 1.24 bits per heavy atom. The van der Waals surface area contributed by atoms with Gasteiger partial charge in [-0.25, -0.2) is 0 Å². The first-order valence-electron chi connectivity index (χ1n) is 6.69. The number of benzene rings is 2. The lowest BCUT2D eigenvalue weighted by molar-refractivity contribution is 0.416. The van der Waals surface area contributed by atoms with Gasteiger partial charge in [-0.3, -0.25) is 0 Å². The molecule has 3 rings (SSSR count). The number of aromatic nitrogens is 1. The molecule has 0 aliphatic carbocycles. The summed E-state index contributed by atoms with van der Waals surface area (Å²) >= 11 is 0. The number of para-hydroxylation sites is 1. The molecule has 21 heavy (non-hydrogen) atoms. The van der Waals surface area contributed by atoms with E-state index in [4.69, 9.17) is 10.00 Å². The fourth-order valence-corrected chi connectivity index (χ4v) is 2.39. The number of aromatic amines is 1. The van der Waals surface area contributed by atoms with E-state index in [1.54, 1.807) is 19.2 Å². The lowest BCUT2D eigenvalue weighted by atomic mass is 10.1. The molecule has 0 aliphatic rings. The molecule has 0 saturated heterocycles. The van der Waals surface area contributed by atoms with Gasteiger partial charge in [0.05, 0.1) is 29.9 Å². The third-order valence-corrected chi connectivity index (χ3v) is 3.47. The number of hydrogen-bond acceptors (Lipinski definition) is 3. The molecule has 1 heterocycles. The number of nitrogens with zero attached hydrogens (tertiary/aromatic N) is 1. The predicted molar refractivity (Wildman–Crippen MR) is 83.3 cm³/mol. The molecule has 0 aliphatic heterocycles. The molecule has 0 saturated carbocycles. The second-order valence-electron chi connectivity index (χ2n) is 4.74. The Morgan fingerprint density at radius 3 is 2.95 bits per heavy atom. The molecular weight excluding hydrogens is 262 g/mol. The molecule has 0 spiro atoms. The largest absolute Gasteiger partial charge is 0.495 e. The van der Waals surface area contributed by atoms with Gasteiger partial charge in [-0.05, 0) is 29.1 Å². The molecule has 1 aromatic heterocycles. The number of hydrogen-bond donors (Lipinski definition) is 2. The van der Waals surface area contributed by atoms with Gasteiger partial charge in [0.25, 0.3) is 0 Å². The van der Waals surface area contributed by atoms with Crippen molar-refractivity contribution in [1.29, 1.82) is 5.26 Å². The van der Waals surface area contributed by atoms with Gasteiger partial charge in [-0.15, -0.1) is 0 Å². The van der Waals surface area contributed by atoms with Crippen LogP contribution in [0.1, 0.15) is 11.1 Å². The summed E-state index contributed by atoms with van der Waals surface area (Å²) in [6, 6.07) is 15.8. The third-order valence-electron chi connectivity index (χ3n) is 3.47. The molecular formula is C17H15N3O. The van der Waals surface area contributed by atoms with E-state index in [1.807, 2.05) is 18.3 Å². The van der Waals surface area contributed by atoms with Crippen molar-refractivity contribution in [2.24, 2.45) is 0 Å². The zero-order valence-corrected chi connectivity index (χ0v) is 11.7. The van der Waals surface area contributed by atoms with Gasteiger partial charge in [0.1, 0.15) is 5.75 Å². The first-order chi connectivity index (χ1) is 10.3.